The number of benzene rings is 7. The number of para-hydroxylation sites is 2. The molecule has 47 heavy (non-hydrogen) atoms. The zero-order chi connectivity index (χ0) is 30.9. The van der Waals surface area contributed by atoms with E-state index in [0.29, 0.717) is 5.92 Å². The van der Waals surface area contributed by atoms with E-state index in [2.05, 4.69) is 155 Å². The van der Waals surface area contributed by atoms with Gasteiger partial charge >= 0.3 is 0 Å². The van der Waals surface area contributed by atoms with Crippen LogP contribution in [-0.4, -0.2) is 6.71 Å². The number of anilines is 6. The van der Waals surface area contributed by atoms with E-state index in [1.807, 2.05) is 0 Å². The molecule has 2 nitrogen and oxygen atoms in total. The first kappa shape index (κ1) is 26.9. The van der Waals surface area contributed by atoms with Gasteiger partial charge in [0.25, 0.3) is 6.71 Å². The summed E-state index contributed by atoms with van der Waals surface area (Å²) < 4.78 is 0. The number of nitrogens with zero attached hydrogens (tertiary/aromatic N) is 2. The fourth-order valence-corrected chi connectivity index (χ4v) is 8.78. The summed E-state index contributed by atoms with van der Waals surface area (Å²) in [5.41, 5.74) is 13.3. The standard InChI is InChI=1S/C44H35BN2/c1-2-12-30(13-3-1)35-28-42-44-43(29-35)47(37-25-23-32-15-5-7-17-34(32)27-37)41-21-11-9-19-39(41)45(44)38-18-8-10-20-40(38)46(42)36-24-22-31-14-4-6-16-33(31)26-36/h4-11,14-30H,1-3,12-13H2. The predicted octanol–water partition coefficient (Wildman–Crippen LogP) is 10.1. The number of rotatable bonds is 3. The van der Waals surface area contributed by atoms with Gasteiger partial charge in [0.1, 0.15) is 0 Å². The van der Waals surface area contributed by atoms with E-state index in [1.165, 1.54) is 110 Å². The molecule has 10 rings (SSSR count). The molecule has 0 amide bonds. The van der Waals surface area contributed by atoms with Gasteiger partial charge in [-0.25, -0.2) is 0 Å². The number of hydrogen-bond donors (Lipinski definition) is 0. The summed E-state index contributed by atoms with van der Waals surface area (Å²) in [6.07, 6.45) is 6.51. The van der Waals surface area contributed by atoms with Crippen LogP contribution < -0.4 is 26.2 Å². The van der Waals surface area contributed by atoms with Gasteiger partial charge in [0.15, 0.2) is 0 Å². The van der Waals surface area contributed by atoms with Gasteiger partial charge in [0.05, 0.1) is 0 Å². The van der Waals surface area contributed by atoms with Crippen LogP contribution in [0.15, 0.2) is 146 Å². The molecular formula is C44H35BN2. The zero-order valence-corrected chi connectivity index (χ0v) is 26.4. The second kappa shape index (κ2) is 10.6. The summed E-state index contributed by atoms with van der Waals surface area (Å²) in [5, 5.41) is 5.08. The molecule has 3 heteroatoms. The van der Waals surface area contributed by atoms with Crippen molar-refractivity contribution in [3.05, 3.63) is 151 Å². The molecule has 1 fully saturated rings. The van der Waals surface area contributed by atoms with Crippen LogP contribution in [-0.2, 0) is 0 Å². The highest BCUT2D eigenvalue weighted by atomic mass is 15.2. The lowest BCUT2D eigenvalue weighted by atomic mass is 9.33. The average Bonchev–Trinajstić information content (AvgIpc) is 3.14. The van der Waals surface area contributed by atoms with E-state index in [1.54, 1.807) is 0 Å². The maximum Gasteiger partial charge on any atom is 0.252 e. The van der Waals surface area contributed by atoms with Crippen LogP contribution >= 0.6 is 0 Å². The normalized spacial score (nSPS) is 15.4. The lowest BCUT2D eigenvalue weighted by Gasteiger charge is -2.45. The minimum Gasteiger partial charge on any atom is -0.311 e. The van der Waals surface area contributed by atoms with Crippen molar-refractivity contribution in [3.63, 3.8) is 0 Å². The SMILES string of the molecule is c1ccc2c(c1)B1c3ccccc3N(c3ccc4ccccc4c3)c3cc(C4CCCCC4)cc(c31)N2c1ccc2ccccc2c1. The monoisotopic (exact) mass is 602 g/mol. The number of hydrogen-bond acceptors (Lipinski definition) is 2. The average molecular weight is 603 g/mol. The summed E-state index contributed by atoms with van der Waals surface area (Å²) in [4.78, 5) is 5.13. The summed E-state index contributed by atoms with van der Waals surface area (Å²) in [6, 6.07) is 54.8. The van der Waals surface area contributed by atoms with Gasteiger partial charge in [0, 0.05) is 34.1 Å². The fraction of sp³-hybridized carbons (Fsp3) is 0.136. The van der Waals surface area contributed by atoms with Crippen LogP contribution in [0.5, 0.6) is 0 Å². The largest absolute Gasteiger partial charge is 0.311 e. The molecule has 3 aliphatic rings. The Balaban J connectivity index is 1.29. The molecule has 0 radical (unpaired) electrons. The molecule has 7 aromatic carbocycles. The lowest BCUT2D eigenvalue weighted by Crippen LogP contribution is -2.61. The van der Waals surface area contributed by atoms with Crippen LogP contribution in [0.25, 0.3) is 21.5 Å². The van der Waals surface area contributed by atoms with Crippen molar-refractivity contribution in [1.29, 1.82) is 0 Å². The van der Waals surface area contributed by atoms with Crippen LogP contribution in [0.4, 0.5) is 34.1 Å². The van der Waals surface area contributed by atoms with Crippen LogP contribution in [0, 0.1) is 0 Å². The van der Waals surface area contributed by atoms with Crippen molar-refractivity contribution < 1.29 is 0 Å². The highest BCUT2D eigenvalue weighted by Crippen LogP contribution is 2.47. The second-order valence-electron chi connectivity index (χ2n) is 13.6. The molecule has 0 spiro atoms. The Bertz CT molecular complexity index is 2180. The van der Waals surface area contributed by atoms with Crippen molar-refractivity contribution in [2.75, 3.05) is 9.80 Å². The second-order valence-corrected chi connectivity index (χ2v) is 13.6. The van der Waals surface area contributed by atoms with Crippen molar-refractivity contribution in [2.45, 2.75) is 38.0 Å². The Hall–Kier alpha value is -5.28. The van der Waals surface area contributed by atoms with E-state index in [-0.39, 0.29) is 6.71 Å². The van der Waals surface area contributed by atoms with Gasteiger partial charge in [-0.2, -0.15) is 0 Å². The maximum atomic E-state index is 2.57. The van der Waals surface area contributed by atoms with Crippen molar-refractivity contribution in [1.82, 2.24) is 0 Å². The quantitative estimate of drug-likeness (QED) is 0.186. The summed E-state index contributed by atoms with van der Waals surface area (Å²) in [6.45, 7) is 0.154. The molecule has 1 saturated carbocycles. The van der Waals surface area contributed by atoms with Crippen molar-refractivity contribution >= 4 is 78.8 Å². The maximum absolute atomic E-state index is 2.57. The van der Waals surface area contributed by atoms with Gasteiger partial charge in [-0.3, -0.25) is 0 Å². The van der Waals surface area contributed by atoms with Crippen LogP contribution in [0.2, 0.25) is 0 Å². The minimum absolute atomic E-state index is 0.154. The third-order valence-corrected chi connectivity index (χ3v) is 11.0. The summed E-state index contributed by atoms with van der Waals surface area (Å²) in [5.74, 6) is 0.579. The third-order valence-electron chi connectivity index (χ3n) is 11.0. The highest BCUT2D eigenvalue weighted by molar-refractivity contribution is 7.00. The first-order chi connectivity index (χ1) is 23.3. The molecule has 0 aromatic heterocycles. The summed E-state index contributed by atoms with van der Waals surface area (Å²) in [7, 11) is 0. The molecule has 7 aromatic rings. The van der Waals surface area contributed by atoms with Crippen molar-refractivity contribution in [2.24, 2.45) is 0 Å². The Morgan fingerprint density at radius 1 is 0.426 bits per heavy atom. The zero-order valence-electron chi connectivity index (χ0n) is 26.4. The molecule has 0 bridgehead atoms. The fourth-order valence-electron chi connectivity index (χ4n) is 8.78. The highest BCUT2D eigenvalue weighted by Gasteiger charge is 2.43. The Morgan fingerprint density at radius 2 is 0.894 bits per heavy atom. The van der Waals surface area contributed by atoms with Gasteiger partial charge in [-0.1, -0.05) is 116 Å². The molecule has 0 saturated heterocycles. The van der Waals surface area contributed by atoms with E-state index in [0.717, 1.165) is 0 Å². The first-order valence-corrected chi connectivity index (χ1v) is 17.3. The van der Waals surface area contributed by atoms with E-state index >= 15 is 0 Å². The van der Waals surface area contributed by atoms with Gasteiger partial charge < -0.3 is 9.80 Å². The molecule has 0 atom stereocenters. The molecule has 0 N–H and O–H groups in total. The van der Waals surface area contributed by atoms with Gasteiger partial charge in [0.2, 0.25) is 0 Å². The molecule has 224 valence electrons. The molecule has 2 aliphatic heterocycles. The van der Waals surface area contributed by atoms with Crippen molar-refractivity contribution in [3.8, 4) is 0 Å². The van der Waals surface area contributed by atoms with Crippen LogP contribution in [0.3, 0.4) is 0 Å². The Kier molecular flexibility index (Phi) is 6.09. The van der Waals surface area contributed by atoms with Gasteiger partial charge in [-0.05, 0) is 111 Å². The van der Waals surface area contributed by atoms with E-state index < -0.39 is 0 Å². The molecule has 2 heterocycles. The third kappa shape index (κ3) is 4.19. The first-order valence-electron chi connectivity index (χ1n) is 17.3. The number of fused-ring (bicyclic) bond motifs is 6. The summed E-state index contributed by atoms with van der Waals surface area (Å²) >= 11 is 0. The van der Waals surface area contributed by atoms with Gasteiger partial charge in [-0.15, -0.1) is 0 Å². The lowest BCUT2D eigenvalue weighted by molar-refractivity contribution is 0.444. The molecule has 0 unspecified atom stereocenters. The Morgan fingerprint density at radius 3 is 1.43 bits per heavy atom. The van der Waals surface area contributed by atoms with Crippen LogP contribution in [0.1, 0.15) is 43.6 Å². The minimum atomic E-state index is 0.154. The molecular weight excluding hydrogens is 567 g/mol. The smallest absolute Gasteiger partial charge is 0.252 e. The Labute approximate surface area is 277 Å². The predicted molar refractivity (Wildman–Crippen MR) is 201 cm³/mol. The van der Waals surface area contributed by atoms with E-state index in [4.69, 9.17) is 0 Å². The van der Waals surface area contributed by atoms with E-state index in [9.17, 15) is 0 Å². The molecule has 1 aliphatic carbocycles. The topological polar surface area (TPSA) is 6.48 Å².